The number of carbonyl (C=O) groups excluding carboxylic acids is 2. The lowest BCUT2D eigenvalue weighted by Crippen LogP contribution is -2.44. The molecule has 0 aromatic heterocycles. The summed E-state index contributed by atoms with van der Waals surface area (Å²) < 4.78 is 0. The van der Waals surface area contributed by atoms with E-state index in [1.165, 1.54) is 5.56 Å². The summed E-state index contributed by atoms with van der Waals surface area (Å²) in [4.78, 5) is 27.6. The predicted octanol–water partition coefficient (Wildman–Crippen LogP) is 5.15. The summed E-state index contributed by atoms with van der Waals surface area (Å²) in [6.45, 7) is 7.94. The van der Waals surface area contributed by atoms with Gasteiger partial charge in [0.05, 0.1) is 6.04 Å². The number of hydrogen-bond acceptors (Lipinski definition) is 2. The molecule has 0 saturated carbocycles. The Morgan fingerprint density at radius 2 is 1.55 bits per heavy atom. The van der Waals surface area contributed by atoms with Crippen LogP contribution in [-0.4, -0.2) is 29.8 Å². The Bertz CT molecular complexity index is 835. The van der Waals surface area contributed by atoms with Crippen molar-refractivity contribution in [2.45, 2.75) is 58.9 Å². The first kappa shape index (κ1) is 23.1. The van der Waals surface area contributed by atoms with E-state index >= 15 is 0 Å². The molecule has 3 rings (SSSR count). The lowest BCUT2D eigenvalue weighted by atomic mass is 9.85. The largest absolute Gasteiger partial charge is 0.349 e. The second-order valence-corrected chi connectivity index (χ2v) is 9.88. The maximum atomic E-state index is 13.0. The van der Waals surface area contributed by atoms with Gasteiger partial charge >= 0.3 is 0 Å². The summed E-state index contributed by atoms with van der Waals surface area (Å²) in [7, 11) is 0. The molecule has 2 amide bonds. The standard InChI is InChI=1S/C27H36N2O2/c1-27(2,3)20-24(22-12-8-5-9-13-22)28-26(31)23-16-18-29(19-17-23)25(30)15-14-21-10-6-4-7-11-21/h4-13,23-24H,14-20H2,1-3H3,(H,28,31). The van der Waals surface area contributed by atoms with Crippen LogP contribution in [0.1, 0.15) is 63.6 Å². The van der Waals surface area contributed by atoms with E-state index in [9.17, 15) is 9.59 Å². The highest BCUT2D eigenvalue weighted by molar-refractivity contribution is 5.80. The topological polar surface area (TPSA) is 49.4 Å². The number of amides is 2. The number of hydrogen-bond donors (Lipinski definition) is 1. The van der Waals surface area contributed by atoms with Gasteiger partial charge in [0.25, 0.3) is 0 Å². The molecule has 1 fully saturated rings. The van der Waals surface area contributed by atoms with Gasteiger partial charge in [0.2, 0.25) is 11.8 Å². The van der Waals surface area contributed by atoms with E-state index in [2.05, 4.69) is 50.4 Å². The number of benzene rings is 2. The molecule has 4 nitrogen and oxygen atoms in total. The molecule has 1 aliphatic heterocycles. The van der Waals surface area contributed by atoms with Gasteiger partial charge in [0.1, 0.15) is 0 Å². The summed E-state index contributed by atoms with van der Waals surface area (Å²) in [6.07, 6.45) is 3.66. The first-order valence-corrected chi connectivity index (χ1v) is 11.5. The Morgan fingerprint density at radius 3 is 2.13 bits per heavy atom. The summed E-state index contributed by atoms with van der Waals surface area (Å²) >= 11 is 0. The molecule has 166 valence electrons. The molecule has 1 aliphatic rings. The third-order valence-electron chi connectivity index (χ3n) is 6.02. The van der Waals surface area contributed by atoms with E-state index in [1.807, 2.05) is 41.3 Å². The van der Waals surface area contributed by atoms with Crippen LogP contribution in [0, 0.1) is 11.3 Å². The van der Waals surface area contributed by atoms with E-state index in [-0.39, 0.29) is 29.2 Å². The number of likely N-dealkylation sites (tertiary alicyclic amines) is 1. The first-order valence-electron chi connectivity index (χ1n) is 11.5. The Kier molecular flexibility index (Phi) is 7.89. The smallest absolute Gasteiger partial charge is 0.223 e. The van der Waals surface area contributed by atoms with Gasteiger partial charge in [0.15, 0.2) is 0 Å². The van der Waals surface area contributed by atoms with Gasteiger partial charge in [-0.3, -0.25) is 9.59 Å². The van der Waals surface area contributed by atoms with Gasteiger partial charge in [-0.05, 0) is 42.2 Å². The fourth-order valence-corrected chi connectivity index (χ4v) is 4.28. The van der Waals surface area contributed by atoms with Gasteiger partial charge in [-0.15, -0.1) is 0 Å². The van der Waals surface area contributed by atoms with Crippen LogP contribution < -0.4 is 5.32 Å². The number of piperidine rings is 1. The van der Waals surface area contributed by atoms with Gasteiger partial charge in [-0.2, -0.15) is 0 Å². The Labute approximate surface area is 187 Å². The molecule has 0 bridgehead atoms. The van der Waals surface area contributed by atoms with Gasteiger partial charge in [-0.25, -0.2) is 0 Å². The Morgan fingerprint density at radius 1 is 0.968 bits per heavy atom. The molecule has 0 spiro atoms. The lowest BCUT2D eigenvalue weighted by Gasteiger charge is -2.33. The molecule has 2 aromatic rings. The van der Waals surface area contributed by atoms with Crippen molar-refractivity contribution >= 4 is 11.8 Å². The SMILES string of the molecule is CC(C)(C)CC(NC(=O)C1CCN(C(=O)CCc2ccccc2)CC1)c1ccccc1. The van der Waals surface area contributed by atoms with Gasteiger partial charge in [0, 0.05) is 25.4 Å². The van der Waals surface area contributed by atoms with Crippen LogP contribution in [0.15, 0.2) is 60.7 Å². The number of aryl methyl sites for hydroxylation is 1. The van der Waals surface area contributed by atoms with Crippen molar-refractivity contribution in [3.8, 4) is 0 Å². The molecule has 1 saturated heterocycles. The molecule has 4 heteroatoms. The third kappa shape index (κ3) is 7.23. The van der Waals surface area contributed by atoms with Crippen LogP contribution in [0.3, 0.4) is 0 Å². The normalized spacial score (nSPS) is 16.0. The van der Waals surface area contributed by atoms with Crippen molar-refractivity contribution < 1.29 is 9.59 Å². The minimum atomic E-state index is -0.0237. The van der Waals surface area contributed by atoms with Crippen LogP contribution in [0.25, 0.3) is 0 Å². The average molecular weight is 421 g/mol. The number of rotatable bonds is 7. The van der Waals surface area contributed by atoms with Crippen molar-refractivity contribution in [1.82, 2.24) is 10.2 Å². The predicted molar refractivity (Wildman–Crippen MR) is 125 cm³/mol. The van der Waals surface area contributed by atoms with Crippen molar-refractivity contribution in [1.29, 1.82) is 0 Å². The van der Waals surface area contributed by atoms with Crippen molar-refractivity contribution in [2.75, 3.05) is 13.1 Å². The molecule has 1 atom stereocenters. The van der Waals surface area contributed by atoms with E-state index < -0.39 is 0 Å². The van der Waals surface area contributed by atoms with Crippen LogP contribution in [-0.2, 0) is 16.0 Å². The molecule has 0 radical (unpaired) electrons. The molecular formula is C27H36N2O2. The fraction of sp³-hybridized carbons (Fsp3) is 0.481. The zero-order valence-electron chi connectivity index (χ0n) is 19.1. The highest BCUT2D eigenvalue weighted by Gasteiger charge is 2.29. The van der Waals surface area contributed by atoms with E-state index in [1.54, 1.807) is 0 Å². The summed E-state index contributed by atoms with van der Waals surface area (Å²) in [5.74, 6) is 0.288. The quantitative estimate of drug-likeness (QED) is 0.673. The average Bonchev–Trinajstić information content (AvgIpc) is 2.77. The first-order chi connectivity index (χ1) is 14.8. The minimum absolute atomic E-state index is 0.0132. The van der Waals surface area contributed by atoms with Crippen LogP contribution in [0.2, 0.25) is 0 Å². The molecule has 2 aromatic carbocycles. The minimum Gasteiger partial charge on any atom is -0.349 e. The number of nitrogens with zero attached hydrogens (tertiary/aromatic N) is 1. The third-order valence-corrected chi connectivity index (χ3v) is 6.02. The lowest BCUT2D eigenvalue weighted by molar-refractivity contribution is -0.135. The van der Waals surface area contributed by atoms with E-state index in [0.717, 1.165) is 31.2 Å². The highest BCUT2D eigenvalue weighted by Crippen LogP contribution is 2.30. The van der Waals surface area contributed by atoms with Gasteiger partial charge < -0.3 is 10.2 Å². The molecular weight excluding hydrogens is 384 g/mol. The zero-order chi connectivity index (χ0) is 22.3. The van der Waals surface area contributed by atoms with Crippen molar-refractivity contribution in [3.63, 3.8) is 0 Å². The van der Waals surface area contributed by atoms with Crippen LogP contribution >= 0.6 is 0 Å². The second kappa shape index (κ2) is 10.6. The monoisotopic (exact) mass is 420 g/mol. The molecule has 1 N–H and O–H groups in total. The van der Waals surface area contributed by atoms with Crippen molar-refractivity contribution in [2.24, 2.45) is 11.3 Å². The molecule has 1 unspecified atom stereocenters. The van der Waals surface area contributed by atoms with Crippen LogP contribution in [0.5, 0.6) is 0 Å². The second-order valence-electron chi connectivity index (χ2n) is 9.88. The Balaban J connectivity index is 1.51. The van der Waals surface area contributed by atoms with E-state index in [4.69, 9.17) is 0 Å². The van der Waals surface area contributed by atoms with Crippen molar-refractivity contribution in [3.05, 3.63) is 71.8 Å². The summed E-state index contributed by atoms with van der Waals surface area (Å²) in [5.41, 5.74) is 2.46. The zero-order valence-corrected chi connectivity index (χ0v) is 19.1. The maximum absolute atomic E-state index is 13.0. The highest BCUT2D eigenvalue weighted by atomic mass is 16.2. The summed E-state index contributed by atoms with van der Waals surface area (Å²) in [5, 5.41) is 3.31. The number of nitrogens with one attached hydrogen (secondary N) is 1. The van der Waals surface area contributed by atoms with E-state index in [0.29, 0.717) is 19.5 Å². The Hall–Kier alpha value is -2.62. The molecule has 0 aliphatic carbocycles. The maximum Gasteiger partial charge on any atom is 0.223 e. The van der Waals surface area contributed by atoms with Crippen LogP contribution in [0.4, 0.5) is 0 Å². The molecule has 1 heterocycles. The summed E-state index contributed by atoms with van der Waals surface area (Å²) in [6, 6.07) is 20.4. The van der Waals surface area contributed by atoms with Gasteiger partial charge in [-0.1, -0.05) is 81.4 Å². The molecule has 31 heavy (non-hydrogen) atoms. The number of carbonyl (C=O) groups is 2. The fourth-order valence-electron chi connectivity index (χ4n) is 4.28.